The molecule has 2 bridgehead atoms. The Morgan fingerprint density at radius 3 is 2.18 bits per heavy atom. The first-order chi connectivity index (χ1) is 7.99. The molecule has 2 unspecified atom stereocenters. The van der Waals surface area contributed by atoms with Crippen LogP contribution in [0, 0.1) is 5.92 Å². The van der Waals surface area contributed by atoms with Gasteiger partial charge in [-0.1, -0.05) is 0 Å². The second-order valence-electron chi connectivity index (χ2n) is 5.40. The number of piperidine rings is 1. The lowest BCUT2D eigenvalue weighted by Crippen LogP contribution is -2.50. The van der Waals surface area contributed by atoms with E-state index in [9.17, 15) is 9.59 Å². The number of fused-ring (bicyclic) bond motifs is 2. The minimum Gasteiger partial charge on any atom is -0.481 e. The highest BCUT2D eigenvalue weighted by Crippen LogP contribution is 2.40. The normalized spacial score (nSPS) is 31.4. The summed E-state index contributed by atoms with van der Waals surface area (Å²) >= 11 is 0. The van der Waals surface area contributed by atoms with E-state index in [1.54, 1.807) is 19.0 Å². The molecule has 2 heterocycles. The molecule has 0 aromatic rings. The summed E-state index contributed by atoms with van der Waals surface area (Å²) in [7, 11) is 3.54. The summed E-state index contributed by atoms with van der Waals surface area (Å²) in [6, 6.07) is 0.590. The Morgan fingerprint density at radius 2 is 1.76 bits per heavy atom. The minimum atomic E-state index is -0.721. The van der Waals surface area contributed by atoms with Gasteiger partial charge in [0.05, 0.1) is 0 Å². The van der Waals surface area contributed by atoms with Gasteiger partial charge in [-0.25, -0.2) is 4.79 Å². The predicted octanol–water partition coefficient (Wildman–Crippen LogP) is 1.39. The van der Waals surface area contributed by atoms with E-state index in [1.807, 2.05) is 4.90 Å². The molecular formula is C12H20N2O3. The van der Waals surface area contributed by atoms with Crippen LogP contribution in [0.2, 0.25) is 0 Å². The van der Waals surface area contributed by atoms with E-state index in [0.29, 0.717) is 0 Å². The third-order valence-corrected chi connectivity index (χ3v) is 3.90. The standard InChI is InChI=1S/C12H20N2O3/c1-13(2)12(17)14-9-3-4-10(14)6-8(5-9)7-11(15)16/h8-10H,3-7H2,1-2H3,(H,15,16). The quantitative estimate of drug-likeness (QED) is 0.793. The maximum Gasteiger partial charge on any atom is 0.319 e. The second-order valence-corrected chi connectivity index (χ2v) is 5.40. The van der Waals surface area contributed by atoms with Crippen molar-refractivity contribution in [3.8, 4) is 0 Å². The molecule has 0 aromatic carbocycles. The lowest BCUT2D eigenvalue weighted by Gasteiger charge is -2.39. The lowest BCUT2D eigenvalue weighted by molar-refractivity contribution is -0.138. The molecule has 2 atom stereocenters. The Kier molecular flexibility index (Phi) is 3.26. The van der Waals surface area contributed by atoms with E-state index in [0.717, 1.165) is 25.7 Å². The number of hydrogen-bond acceptors (Lipinski definition) is 2. The molecular weight excluding hydrogens is 220 g/mol. The molecule has 0 saturated carbocycles. The van der Waals surface area contributed by atoms with Gasteiger partial charge in [0.15, 0.2) is 0 Å². The highest BCUT2D eigenvalue weighted by atomic mass is 16.4. The van der Waals surface area contributed by atoms with Gasteiger partial charge in [0.25, 0.3) is 0 Å². The number of aliphatic carboxylic acids is 1. The smallest absolute Gasteiger partial charge is 0.319 e. The molecule has 5 nitrogen and oxygen atoms in total. The molecule has 0 aliphatic carbocycles. The van der Waals surface area contributed by atoms with Crippen LogP contribution in [0.5, 0.6) is 0 Å². The van der Waals surface area contributed by atoms with Crippen LogP contribution < -0.4 is 0 Å². The zero-order valence-electron chi connectivity index (χ0n) is 10.4. The summed E-state index contributed by atoms with van der Waals surface area (Å²) in [5.41, 5.74) is 0. The maximum absolute atomic E-state index is 12.0. The first-order valence-corrected chi connectivity index (χ1v) is 6.20. The highest BCUT2D eigenvalue weighted by Gasteiger charge is 2.43. The first-order valence-electron chi connectivity index (χ1n) is 6.20. The van der Waals surface area contributed by atoms with Gasteiger partial charge in [0.2, 0.25) is 0 Å². The molecule has 1 N–H and O–H groups in total. The Morgan fingerprint density at radius 1 is 1.24 bits per heavy atom. The largest absolute Gasteiger partial charge is 0.481 e. The van der Waals surface area contributed by atoms with Crippen molar-refractivity contribution in [1.82, 2.24) is 9.80 Å². The second kappa shape index (κ2) is 4.55. The van der Waals surface area contributed by atoms with Crippen molar-refractivity contribution in [3.63, 3.8) is 0 Å². The Labute approximate surface area is 101 Å². The van der Waals surface area contributed by atoms with Crippen LogP contribution in [0.4, 0.5) is 4.79 Å². The Hall–Kier alpha value is -1.26. The molecule has 0 radical (unpaired) electrons. The van der Waals surface area contributed by atoms with Crippen LogP contribution >= 0.6 is 0 Å². The number of nitrogens with zero attached hydrogens (tertiary/aromatic N) is 2. The van der Waals surface area contributed by atoms with Crippen molar-refractivity contribution in [2.75, 3.05) is 14.1 Å². The van der Waals surface area contributed by atoms with Crippen molar-refractivity contribution in [1.29, 1.82) is 0 Å². The van der Waals surface area contributed by atoms with E-state index in [2.05, 4.69) is 0 Å². The molecule has 2 amide bonds. The molecule has 0 aromatic heterocycles. The van der Waals surface area contributed by atoms with E-state index >= 15 is 0 Å². The molecule has 96 valence electrons. The van der Waals surface area contributed by atoms with Gasteiger partial charge in [0, 0.05) is 32.6 Å². The predicted molar refractivity (Wildman–Crippen MR) is 62.7 cm³/mol. The summed E-state index contributed by atoms with van der Waals surface area (Å²) < 4.78 is 0. The molecule has 2 saturated heterocycles. The Bertz CT molecular complexity index is 316. The fourth-order valence-electron chi connectivity index (χ4n) is 3.25. The van der Waals surface area contributed by atoms with Crippen molar-refractivity contribution < 1.29 is 14.7 Å². The number of urea groups is 1. The van der Waals surface area contributed by atoms with Crippen LogP contribution in [-0.4, -0.2) is 53.1 Å². The summed E-state index contributed by atoms with van der Waals surface area (Å²) in [6.45, 7) is 0. The molecule has 5 heteroatoms. The summed E-state index contributed by atoms with van der Waals surface area (Å²) in [6.07, 6.45) is 4.00. The Balaban J connectivity index is 2.03. The minimum absolute atomic E-state index is 0.0753. The number of rotatable bonds is 2. The van der Waals surface area contributed by atoms with E-state index < -0.39 is 5.97 Å². The SMILES string of the molecule is CN(C)C(=O)N1C2CCC1CC(CC(=O)O)C2. The number of amides is 2. The van der Waals surface area contributed by atoms with Gasteiger partial charge in [-0.2, -0.15) is 0 Å². The van der Waals surface area contributed by atoms with Crippen LogP contribution in [0.25, 0.3) is 0 Å². The van der Waals surface area contributed by atoms with Gasteiger partial charge >= 0.3 is 12.0 Å². The van der Waals surface area contributed by atoms with E-state index in [4.69, 9.17) is 5.11 Å². The number of carbonyl (C=O) groups excluding carboxylic acids is 1. The van der Waals surface area contributed by atoms with Crippen molar-refractivity contribution in [2.24, 2.45) is 5.92 Å². The van der Waals surface area contributed by atoms with Crippen LogP contribution in [0.3, 0.4) is 0 Å². The summed E-state index contributed by atoms with van der Waals surface area (Å²) in [5.74, 6) is -0.474. The molecule has 2 aliphatic heterocycles. The van der Waals surface area contributed by atoms with Crippen molar-refractivity contribution in [3.05, 3.63) is 0 Å². The molecule has 2 aliphatic rings. The van der Waals surface area contributed by atoms with Crippen molar-refractivity contribution in [2.45, 2.75) is 44.2 Å². The number of carboxylic acids is 1. The fraction of sp³-hybridized carbons (Fsp3) is 0.833. The number of carbonyl (C=O) groups is 2. The van der Waals surface area contributed by atoms with E-state index in [1.165, 1.54) is 0 Å². The fourth-order valence-corrected chi connectivity index (χ4v) is 3.25. The number of carboxylic acid groups (broad SMARTS) is 1. The average Bonchev–Trinajstić information content (AvgIpc) is 2.48. The zero-order valence-corrected chi connectivity index (χ0v) is 10.4. The van der Waals surface area contributed by atoms with E-state index in [-0.39, 0.29) is 30.5 Å². The van der Waals surface area contributed by atoms with Crippen LogP contribution in [0.1, 0.15) is 32.1 Å². The first kappa shape index (κ1) is 12.2. The van der Waals surface area contributed by atoms with Crippen LogP contribution in [-0.2, 0) is 4.79 Å². The van der Waals surface area contributed by atoms with Gasteiger partial charge in [-0.15, -0.1) is 0 Å². The highest BCUT2D eigenvalue weighted by molar-refractivity contribution is 5.75. The summed E-state index contributed by atoms with van der Waals surface area (Å²) in [4.78, 5) is 26.3. The zero-order chi connectivity index (χ0) is 12.6. The topological polar surface area (TPSA) is 60.9 Å². The van der Waals surface area contributed by atoms with Crippen LogP contribution in [0.15, 0.2) is 0 Å². The van der Waals surface area contributed by atoms with Gasteiger partial charge < -0.3 is 14.9 Å². The third-order valence-electron chi connectivity index (χ3n) is 3.90. The van der Waals surface area contributed by atoms with Crippen molar-refractivity contribution >= 4 is 12.0 Å². The van der Waals surface area contributed by atoms with Gasteiger partial charge in [-0.05, 0) is 31.6 Å². The molecule has 0 spiro atoms. The molecule has 17 heavy (non-hydrogen) atoms. The third kappa shape index (κ3) is 2.37. The number of hydrogen-bond donors (Lipinski definition) is 1. The molecule has 2 rings (SSSR count). The maximum atomic E-state index is 12.0. The van der Waals surface area contributed by atoms with Gasteiger partial charge in [-0.3, -0.25) is 4.79 Å². The monoisotopic (exact) mass is 240 g/mol. The average molecular weight is 240 g/mol. The van der Waals surface area contributed by atoms with Gasteiger partial charge in [0.1, 0.15) is 0 Å². The molecule has 2 fully saturated rings. The lowest BCUT2D eigenvalue weighted by atomic mass is 9.88. The summed E-state index contributed by atoms with van der Waals surface area (Å²) in [5, 5.41) is 8.83.